The quantitative estimate of drug-likeness (QED) is 0.263. The summed E-state index contributed by atoms with van der Waals surface area (Å²) in [5.74, 6) is -1.28. The Morgan fingerprint density at radius 3 is 1.45 bits per heavy atom. The van der Waals surface area contributed by atoms with Crippen molar-refractivity contribution in [2.24, 2.45) is 0 Å². The Morgan fingerprint density at radius 2 is 0.895 bits per heavy atom. The largest absolute Gasteiger partial charge is 0.478 e. The standard InChI is InChI=1S/C34H23NO3/c36-33(29-19-7-5-17-27(29)28-18-6-8-20-30(28)34(37)38)35(31-21-9-13-23-11-1-3-15-25(23)31)32-22-10-14-24-12-2-4-16-26(24)32/h1-22H,(H,37,38). The van der Waals surface area contributed by atoms with Crippen LogP contribution in [0.4, 0.5) is 11.4 Å². The van der Waals surface area contributed by atoms with Crippen molar-refractivity contribution < 1.29 is 14.7 Å². The molecular weight excluding hydrogens is 470 g/mol. The molecule has 0 saturated heterocycles. The van der Waals surface area contributed by atoms with Crippen molar-refractivity contribution in [3.05, 3.63) is 145 Å². The third-order valence-electron chi connectivity index (χ3n) is 6.82. The molecule has 0 aliphatic heterocycles. The van der Waals surface area contributed by atoms with Gasteiger partial charge in [0.1, 0.15) is 0 Å². The molecule has 0 saturated carbocycles. The Bertz CT molecular complexity index is 1750. The fraction of sp³-hybridized carbons (Fsp3) is 0. The number of carboxylic acid groups (broad SMARTS) is 1. The number of benzene rings is 6. The van der Waals surface area contributed by atoms with Gasteiger partial charge in [-0.05, 0) is 46.2 Å². The van der Waals surface area contributed by atoms with Gasteiger partial charge in [-0.1, -0.05) is 109 Å². The molecule has 0 heterocycles. The molecule has 182 valence electrons. The normalized spacial score (nSPS) is 10.9. The second-order valence-corrected chi connectivity index (χ2v) is 9.03. The Morgan fingerprint density at radius 1 is 0.474 bits per heavy atom. The molecule has 0 aliphatic carbocycles. The van der Waals surface area contributed by atoms with Crippen LogP contribution >= 0.6 is 0 Å². The maximum Gasteiger partial charge on any atom is 0.336 e. The van der Waals surface area contributed by atoms with E-state index in [-0.39, 0.29) is 11.5 Å². The zero-order chi connectivity index (χ0) is 26.1. The van der Waals surface area contributed by atoms with Gasteiger partial charge in [-0.2, -0.15) is 0 Å². The van der Waals surface area contributed by atoms with Crippen molar-refractivity contribution >= 4 is 44.8 Å². The number of carbonyl (C=O) groups is 2. The van der Waals surface area contributed by atoms with Crippen LogP contribution in [0.25, 0.3) is 32.7 Å². The summed E-state index contributed by atoms with van der Waals surface area (Å²) >= 11 is 0. The Kier molecular flexibility index (Phi) is 5.91. The van der Waals surface area contributed by atoms with E-state index in [1.54, 1.807) is 41.3 Å². The van der Waals surface area contributed by atoms with Crippen LogP contribution in [0.1, 0.15) is 20.7 Å². The number of aromatic carboxylic acids is 1. The molecule has 0 spiro atoms. The van der Waals surface area contributed by atoms with Crippen molar-refractivity contribution in [1.29, 1.82) is 0 Å². The Labute approximate surface area is 220 Å². The first kappa shape index (κ1) is 23.2. The lowest BCUT2D eigenvalue weighted by Gasteiger charge is -2.27. The summed E-state index contributed by atoms with van der Waals surface area (Å²) < 4.78 is 0. The van der Waals surface area contributed by atoms with E-state index in [0.29, 0.717) is 16.7 Å². The molecule has 0 aromatic heterocycles. The summed E-state index contributed by atoms with van der Waals surface area (Å²) in [4.78, 5) is 28.5. The van der Waals surface area contributed by atoms with E-state index in [2.05, 4.69) is 0 Å². The summed E-state index contributed by atoms with van der Waals surface area (Å²) in [6, 6.07) is 41.8. The number of hydrogen-bond acceptors (Lipinski definition) is 2. The van der Waals surface area contributed by atoms with Crippen molar-refractivity contribution in [2.75, 3.05) is 4.90 Å². The van der Waals surface area contributed by atoms with E-state index in [0.717, 1.165) is 32.9 Å². The molecule has 0 radical (unpaired) electrons. The van der Waals surface area contributed by atoms with Crippen LogP contribution in [0, 0.1) is 0 Å². The molecule has 6 rings (SSSR count). The number of carbonyl (C=O) groups excluding carboxylic acids is 1. The van der Waals surface area contributed by atoms with Gasteiger partial charge in [0, 0.05) is 16.3 Å². The minimum Gasteiger partial charge on any atom is -0.478 e. The molecule has 38 heavy (non-hydrogen) atoms. The summed E-state index contributed by atoms with van der Waals surface area (Å²) in [5.41, 5.74) is 3.15. The van der Waals surface area contributed by atoms with Crippen LogP contribution in [-0.4, -0.2) is 17.0 Å². The first-order valence-corrected chi connectivity index (χ1v) is 12.4. The highest BCUT2D eigenvalue weighted by Crippen LogP contribution is 2.39. The number of rotatable bonds is 5. The average Bonchev–Trinajstić information content (AvgIpc) is 2.97. The lowest BCUT2D eigenvalue weighted by molar-refractivity contribution is 0.0697. The van der Waals surface area contributed by atoms with Crippen molar-refractivity contribution in [1.82, 2.24) is 0 Å². The topological polar surface area (TPSA) is 57.6 Å². The van der Waals surface area contributed by atoms with E-state index >= 15 is 0 Å². The summed E-state index contributed by atoms with van der Waals surface area (Å²) in [6.45, 7) is 0. The number of amides is 1. The SMILES string of the molecule is O=C(O)c1ccccc1-c1ccccc1C(=O)N(c1cccc2ccccc12)c1cccc2ccccc12. The molecule has 1 amide bonds. The maximum absolute atomic E-state index is 14.7. The molecule has 0 atom stereocenters. The number of fused-ring (bicyclic) bond motifs is 2. The lowest BCUT2D eigenvalue weighted by atomic mass is 9.94. The Hall–Kier alpha value is -5.22. The van der Waals surface area contributed by atoms with Crippen LogP contribution in [0.15, 0.2) is 133 Å². The van der Waals surface area contributed by atoms with E-state index in [9.17, 15) is 14.7 Å². The molecule has 4 nitrogen and oxygen atoms in total. The highest BCUT2D eigenvalue weighted by Gasteiger charge is 2.26. The monoisotopic (exact) mass is 493 g/mol. The predicted octanol–water partition coefficient (Wildman–Crippen LogP) is 8.34. The number of carboxylic acids is 1. The zero-order valence-electron chi connectivity index (χ0n) is 20.4. The highest BCUT2D eigenvalue weighted by molar-refractivity contribution is 6.20. The minimum absolute atomic E-state index is 0.148. The highest BCUT2D eigenvalue weighted by atomic mass is 16.4. The van der Waals surface area contributed by atoms with Gasteiger partial charge in [0.25, 0.3) is 5.91 Å². The second kappa shape index (κ2) is 9.68. The van der Waals surface area contributed by atoms with E-state index < -0.39 is 5.97 Å². The second-order valence-electron chi connectivity index (χ2n) is 9.03. The Balaban J connectivity index is 1.63. The van der Waals surface area contributed by atoms with E-state index in [1.807, 2.05) is 97.1 Å². The van der Waals surface area contributed by atoms with Crippen molar-refractivity contribution in [3.8, 4) is 11.1 Å². The van der Waals surface area contributed by atoms with Crippen LogP contribution in [0.2, 0.25) is 0 Å². The average molecular weight is 494 g/mol. The molecule has 0 unspecified atom stereocenters. The van der Waals surface area contributed by atoms with Gasteiger partial charge in [-0.3, -0.25) is 9.69 Å². The van der Waals surface area contributed by atoms with Crippen LogP contribution in [0.5, 0.6) is 0 Å². The number of nitrogens with zero attached hydrogens (tertiary/aromatic N) is 1. The molecule has 0 fully saturated rings. The smallest absolute Gasteiger partial charge is 0.336 e. The van der Waals surface area contributed by atoms with Gasteiger partial charge < -0.3 is 5.11 Å². The summed E-state index contributed by atoms with van der Waals surface area (Å²) in [7, 11) is 0. The summed E-state index contributed by atoms with van der Waals surface area (Å²) in [5, 5.41) is 13.8. The number of anilines is 2. The molecule has 0 bridgehead atoms. The van der Waals surface area contributed by atoms with Gasteiger partial charge in [0.2, 0.25) is 0 Å². The van der Waals surface area contributed by atoms with Crippen molar-refractivity contribution in [2.45, 2.75) is 0 Å². The van der Waals surface area contributed by atoms with Crippen LogP contribution < -0.4 is 4.90 Å². The third kappa shape index (κ3) is 3.98. The zero-order valence-corrected chi connectivity index (χ0v) is 20.4. The molecule has 0 aliphatic rings. The van der Waals surface area contributed by atoms with E-state index in [1.165, 1.54) is 0 Å². The van der Waals surface area contributed by atoms with Gasteiger partial charge in [0.15, 0.2) is 0 Å². The maximum atomic E-state index is 14.7. The van der Waals surface area contributed by atoms with Gasteiger partial charge in [-0.15, -0.1) is 0 Å². The number of hydrogen-bond donors (Lipinski definition) is 1. The van der Waals surface area contributed by atoms with Gasteiger partial charge >= 0.3 is 5.97 Å². The lowest BCUT2D eigenvalue weighted by Crippen LogP contribution is -2.27. The summed E-state index contributed by atoms with van der Waals surface area (Å²) in [6.07, 6.45) is 0. The molecule has 4 heteroatoms. The predicted molar refractivity (Wildman–Crippen MR) is 153 cm³/mol. The fourth-order valence-corrected chi connectivity index (χ4v) is 5.08. The molecule has 1 N–H and O–H groups in total. The van der Waals surface area contributed by atoms with Crippen molar-refractivity contribution in [3.63, 3.8) is 0 Å². The first-order chi connectivity index (χ1) is 18.6. The minimum atomic E-state index is -1.04. The van der Waals surface area contributed by atoms with Crippen LogP contribution in [0.3, 0.4) is 0 Å². The molecule has 6 aromatic carbocycles. The third-order valence-corrected chi connectivity index (χ3v) is 6.82. The van der Waals surface area contributed by atoms with Gasteiger partial charge in [-0.25, -0.2) is 4.79 Å². The fourth-order valence-electron chi connectivity index (χ4n) is 5.08. The first-order valence-electron chi connectivity index (χ1n) is 12.4. The molecule has 6 aromatic rings. The molecular formula is C34H23NO3. The van der Waals surface area contributed by atoms with E-state index in [4.69, 9.17) is 0 Å². The van der Waals surface area contributed by atoms with Crippen LogP contribution in [-0.2, 0) is 0 Å². The van der Waals surface area contributed by atoms with Gasteiger partial charge in [0.05, 0.1) is 16.9 Å².